The molecule has 1 saturated heterocycles. The first-order valence-electron chi connectivity index (χ1n) is 9.58. The molecule has 5 nitrogen and oxygen atoms in total. The topological polar surface area (TPSA) is 62.9 Å². The molecule has 2 aliphatic rings. The fraction of sp³-hybridized carbons (Fsp3) is 0.650. The molecule has 1 aliphatic heterocycles. The molecule has 3 rings (SSSR count). The lowest BCUT2D eigenvalue weighted by atomic mass is 9.85. The van der Waals surface area contributed by atoms with Gasteiger partial charge in [-0.1, -0.05) is 30.7 Å². The van der Waals surface area contributed by atoms with Crippen LogP contribution in [0.2, 0.25) is 0 Å². The smallest absolute Gasteiger partial charge is 0.188 e. The van der Waals surface area contributed by atoms with Crippen LogP contribution in [0.4, 0.5) is 0 Å². The van der Waals surface area contributed by atoms with Crippen molar-refractivity contribution in [3.05, 3.63) is 35.4 Å². The Hall–Kier alpha value is -1.59. The molecule has 5 heteroatoms. The molecule has 2 atom stereocenters. The van der Waals surface area contributed by atoms with Crippen LogP contribution in [0.25, 0.3) is 0 Å². The van der Waals surface area contributed by atoms with Gasteiger partial charge in [0.15, 0.2) is 5.96 Å². The summed E-state index contributed by atoms with van der Waals surface area (Å²) in [7, 11) is 0. The summed E-state index contributed by atoms with van der Waals surface area (Å²) in [5.41, 5.74) is 8.48. The van der Waals surface area contributed by atoms with Crippen LogP contribution in [-0.2, 0) is 17.8 Å². The summed E-state index contributed by atoms with van der Waals surface area (Å²) in [4.78, 5) is 6.91. The Morgan fingerprint density at radius 3 is 2.40 bits per heavy atom. The van der Waals surface area contributed by atoms with Gasteiger partial charge in [0.1, 0.15) is 0 Å². The molecule has 0 spiro atoms. The zero-order valence-electron chi connectivity index (χ0n) is 15.6. The van der Waals surface area contributed by atoms with Crippen molar-refractivity contribution in [2.75, 3.05) is 19.6 Å². The van der Waals surface area contributed by atoms with Gasteiger partial charge in [-0.3, -0.25) is 4.90 Å². The largest absolute Gasteiger partial charge is 0.373 e. The molecule has 3 N–H and O–H groups in total. The van der Waals surface area contributed by atoms with Gasteiger partial charge in [-0.15, -0.1) is 0 Å². The van der Waals surface area contributed by atoms with Gasteiger partial charge in [0, 0.05) is 26.2 Å². The summed E-state index contributed by atoms with van der Waals surface area (Å²) >= 11 is 0. The van der Waals surface area contributed by atoms with Crippen LogP contribution >= 0.6 is 0 Å². The normalized spacial score (nSPS) is 25.6. The second kappa shape index (κ2) is 8.68. The Bertz CT molecular complexity index is 558. The summed E-state index contributed by atoms with van der Waals surface area (Å²) < 4.78 is 5.80. The van der Waals surface area contributed by atoms with E-state index in [9.17, 15) is 0 Å². The molecular weight excluding hydrogens is 312 g/mol. The highest BCUT2D eigenvalue weighted by atomic mass is 16.5. The highest BCUT2D eigenvalue weighted by molar-refractivity contribution is 5.77. The number of nitrogens with zero attached hydrogens (tertiary/aromatic N) is 2. The summed E-state index contributed by atoms with van der Waals surface area (Å²) in [6.45, 7) is 8.87. The van der Waals surface area contributed by atoms with Gasteiger partial charge >= 0.3 is 0 Å². The quantitative estimate of drug-likeness (QED) is 0.615. The third kappa shape index (κ3) is 5.72. The zero-order valence-corrected chi connectivity index (χ0v) is 15.6. The Labute approximate surface area is 151 Å². The Morgan fingerprint density at radius 2 is 1.80 bits per heavy atom. The summed E-state index contributed by atoms with van der Waals surface area (Å²) in [6, 6.07) is 8.72. The van der Waals surface area contributed by atoms with Crippen molar-refractivity contribution in [2.24, 2.45) is 16.6 Å². The molecule has 1 aromatic carbocycles. The maximum Gasteiger partial charge on any atom is 0.188 e. The second-order valence-electron chi connectivity index (χ2n) is 7.65. The highest BCUT2D eigenvalue weighted by Crippen LogP contribution is 2.25. The van der Waals surface area contributed by atoms with Crippen LogP contribution in [0.3, 0.4) is 0 Å². The number of nitrogens with two attached hydrogens (primary N) is 1. The molecular formula is C20H32N4O. The van der Waals surface area contributed by atoms with E-state index in [2.05, 4.69) is 53.3 Å². The molecule has 1 aliphatic carbocycles. The van der Waals surface area contributed by atoms with E-state index < -0.39 is 0 Å². The molecule has 25 heavy (non-hydrogen) atoms. The van der Waals surface area contributed by atoms with E-state index in [4.69, 9.17) is 10.5 Å². The summed E-state index contributed by atoms with van der Waals surface area (Å²) in [5, 5.41) is 3.24. The number of hydrogen-bond acceptors (Lipinski definition) is 3. The number of benzene rings is 1. The second-order valence-corrected chi connectivity index (χ2v) is 7.65. The van der Waals surface area contributed by atoms with Crippen molar-refractivity contribution in [3.63, 3.8) is 0 Å². The minimum Gasteiger partial charge on any atom is -0.373 e. The van der Waals surface area contributed by atoms with Crippen LogP contribution in [0.5, 0.6) is 0 Å². The average Bonchev–Trinajstić information content (AvgIpc) is 2.52. The minimum absolute atomic E-state index is 0.313. The van der Waals surface area contributed by atoms with Gasteiger partial charge < -0.3 is 15.8 Å². The number of rotatable bonds is 6. The van der Waals surface area contributed by atoms with Crippen LogP contribution < -0.4 is 11.1 Å². The molecule has 0 amide bonds. The van der Waals surface area contributed by atoms with Crippen LogP contribution in [0, 0.1) is 5.92 Å². The van der Waals surface area contributed by atoms with E-state index in [0.717, 1.165) is 32.1 Å². The van der Waals surface area contributed by atoms with Gasteiger partial charge in [-0.05, 0) is 43.7 Å². The first-order chi connectivity index (χ1) is 12.1. The maximum absolute atomic E-state index is 5.95. The Balaban J connectivity index is 1.44. The fourth-order valence-electron chi connectivity index (χ4n) is 3.60. The SMILES string of the molecule is CC1CN(Cc2ccc(CN=C(N)NCC3CCC3)cc2)CC(C)O1. The van der Waals surface area contributed by atoms with Crippen molar-refractivity contribution < 1.29 is 4.74 Å². The number of nitrogens with one attached hydrogen (secondary N) is 1. The molecule has 2 unspecified atom stereocenters. The Kier molecular flexibility index (Phi) is 6.32. The first kappa shape index (κ1) is 18.2. The standard InChI is InChI=1S/C20H32N4O/c1-15-12-24(13-16(2)25-15)14-19-8-6-18(7-9-19)11-23-20(21)22-10-17-4-3-5-17/h6-9,15-17H,3-5,10-14H2,1-2H3,(H3,21,22,23). The molecule has 138 valence electrons. The summed E-state index contributed by atoms with van der Waals surface area (Å²) in [6.07, 6.45) is 4.63. The lowest BCUT2D eigenvalue weighted by Crippen LogP contribution is -2.44. The fourth-order valence-corrected chi connectivity index (χ4v) is 3.60. The van der Waals surface area contributed by atoms with Gasteiger partial charge in [0.05, 0.1) is 18.8 Å². The predicted molar refractivity (Wildman–Crippen MR) is 102 cm³/mol. The van der Waals surface area contributed by atoms with Crippen LogP contribution in [-0.4, -0.2) is 42.7 Å². The van der Waals surface area contributed by atoms with E-state index >= 15 is 0 Å². The van der Waals surface area contributed by atoms with Crippen LogP contribution in [0.15, 0.2) is 29.3 Å². The van der Waals surface area contributed by atoms with Gasteiger partial charge in [-0.2, -0.15) is 0 Å². The zero-order chi connectivity index (χ0) is 17.6. The van der Waals surface area contributed by atoms with Gasteiger partial charge in [0.25, 0.3) is 0 Å². The van der Waals surface area contributed by atoms with E-state index in [1.54, 1.807) is 0 Å². The highest BCUT2D eigenvalue weighted by Gasteiger charge is 2.22. The van der Waals surface area contributed by atoms with Gasteiger partial charge in [-0.25, -0.2) is 4.99 Å². The van der Waals surface area contributed by atoms with Gasteiger partial charge in [0.2, 0.25) is 0 Å². The average molecular weight is 345 g/mol. The Morgan fingerprint density at radius 1 is 1.16 bits per heavy atom. The van der Waals surface area contributed by atoms with E-state index in [0.29, 0.717) is 24.7 Å². The third-order valence-electron chi connectivity index (χ3n) is 5.15. The third-order valence-corrected chi connectivity index (χ3v) is 5.15. The molecule has 0 bridgehead atoms. The molecule has 2 fully saturated rings. The predicted octanol–water partition coefficient (Wildman–Crippen LogP) is 2.50. The lowest BCUT2D eigenvalue weighted by molar-refractivity contribution is -0.0704. The molecule has 1 aromatic rings. The lowest BCUT2D eigenvalue weighted by Gasteiger charge is -2.35. The number of hydrogen-bond donors (Lipinski definition) is 2. The van der Waals surface area contributed by atoms with Crippen molar-refractivity contribution >= 4 is 5.96 Å². The minimum atomic E-state index is 0.313. The maximum atomic E-state index is 5.95. The molecule has 0 radical (unpaired) electrons. The summed E-state index contributed by atoms with van der Waals surface area (Å²) in [5.74, 6) is 1.35. The van der Waals surface area contributed by atoms with Crippen molar-refractivity contribution in [1.82, 2.24) is 10.2 Å². The monoisotopic (exact) mass is 344 g/mol. The van der Waals surface area contributed by atoms with E-state index in [1.807, 2.05) is 0 Å². The van der Waals surface area contributed by atoms with Crippen molar-refractivity contribution in [3.8, 4) is 0 Å². The van der Waals surface area contributed by atoms with Crippen LogP contribution in [0.1, 0.15) is 44.2 Å². The number of ether oxygens (including phenoxy) is 1. The number of guanidine groups is 1. The number of morpholine rings is 1. The van der Waals surface area contributed by atoms with Crippen molar-refractivity contribution in [1.29, 1.82) is 0 Å². The molecule has 1 saturated carbocycles. The van der Waals surface area contributed by atoms with Crippen molar-refractivity contribution in [2.45, 2.75) is 58.4 Å². The molecule has 0 aromatic heterocycles. The van der Waals surface area contributed by atoms with E-state index in [1.165, 1.54) is 30.4 Å². The first-order valence-corrected chi connectivity index (χ1v) is 9.58. The molecule has 1 heterocycles. The number of aliphatic imine (C=N–C) groups is 1. The van der Waals surface area contributed by atoms with E-state index in [-0.39, 0.29) is 0 Å².